The summed E-state index contributed by atoms with van der Waals surface area (Å²) in [5.74, 6) is 1.19. The summed E-state index contributed by atoms with van der Waals surface area (Å²) in [6, 6.07) is 10.6. The van der Waals surface area contributed by atoms with Crippen molar-refractivity contribution < 1.29 is 9.53 Å². The molecule has 3 unspecified atom stereocenters. The van der Waals surface area contributed by atoms with Crippen LogP contribution < -0.4 is 15.4 Å². The summed E-state index contributed by atoms with van der Waals surface area (Å²) in [5.41, 5.74) is 0. The fourth-order valence-electron chi connectivity index (χ4n) is 3.10. The Morgan fingerprint density at radius 1 is 1.32 bits per heavy atom. The molecule has 0 spiro atoms. The molecule has 2 aliphatic heterocycles. The van der Waals surface area contributed by atoms with Gasteiger partial charge in [0.25, 0.3) is 0 Å². The summed E-state index contributed by atoms with van der Waals surface area (Å²) in [5, 5.41) is 6.46. The van der Waals surface area contributed by atoms with Crippen LogP contribution in [-0.4, -0.2) is 31.1 Å². The fourth-order valence-corrected chi connectivity index (χ4v) is 3.10. The van der Waals surface area contributed by atoms with E-state index in [1.54, 1.807) is 0 Å². The van der Waals surface area contributed by atoms with Crippen molar-refractivity contribution in [2.75, 3.05) is 13.2 Å². The molecule has 1 aromatic rings. The average Bonchev–Trinajstić information content (AvgIpc) is 3.07. The molecule has 3 rings (SSSR count). The Bertz CT molecular complexity index is 435. The first kappa shape index (κ1) is 12.5. The second-order valence-corrected chi connectivity index (χ2v) is 5.34. The third-order valence-electron chi connectivity index (χ3n) is 4.05. The van der Waals surface area contributed by atoms with Gasteiger partial charge in [0.15, 0.2) is 0 Å². The minimum Gasteiger partial charge on any atom is -0.492 e. The Morgan fingerprint density at radius 2 is 2.16 bits per heavy atom. The predicted molar refractivity (Wildman–Crippen MR) is 73.0 cm³/mol. The van der Waals surface area contributed by atoms with Gasteiger partial charge in [0.1, 0.15) is 12.4 Å². The van der Waals surface area contributed by atoms with E-state index in [-0.39, 0.29) is 11.8 Å². The monoisotopic (exact) mass is 260 g/mol. The van der Waals surface area contributed by atoms with Crippen LogP contribution >= 0.6 is 0 Å². The number of carbonyl (C=O) groups excluding carboxylic acids is 1. The maximum absolute atomic E-state index is 12.0. The number of ether oxygens (including phenoxy) is 1. The van der Waals surface area contributed by atoms with E-state index in [2.05, 4.69) is 10.6 Å². The molecule has 4 heteroatoms. The highest BCUT2D eigenvalue weighted by Crippen LogP contribution is 2.33. The maximum atomic E-state index is 12.0. The van der Waals surface area contributed by atoms with E-state index in [0.717, 1.165) is 18.6 Å². The van der Waals surface area contributed by atoms with E-state index in [4.69, 9.17) is 4.74 Å². The van der Waals surface area contributed by atoms with E-state index in [9.17, 15) is 4.79 Å². The summed E-state index contributed by atoms with van der Waals surface area (Å²) in [4.78, 5) is 12.0. The summed E-state index contributed by atoms with van der Waals surface area (Å²) < 4.78 is 5.55. The van der Waals surface area contributed by atoms with Crippen LogP contribution in [0.2, 0.25) is 0 Å². The molecule has 4 nitrogen and oxygen atoms in total. The van der Waals surface area contributed by atoms with Crippen LogP contribution in [0.15, 0.2) is 30.3 Å². The molecular weight excluding hydrogens is 240 g/mol. The second-order valence-electron chi connectivity index (χ2n) is 5.34. The Morgan fingerprint density at radius 3 is 2.84 bits per heavy atom. The van der Waals surface area contributed by atoms with Crippen LogP contribution in [0.5, 0.6) is 5.75 Å². The number of para-hydroxylation sites is 1. The van der Waals surface area contributed by atoms with Crippen LogP contribution in [0.4, 0.5) is 0 Å². The van der Waals surface area contributed by atoms with Crippen molar-refractivity contribution in [3.8, 4) is 5.75 Å². The molecule has 0 radical (unpaired) electrons. The lowest BCUT2D eigenvalue weighted by atomic mass is 9.88. The molecule has 2 heterocycles. The number of carbonyl (C=O) groups is 1. The van der Waals surface area contributed by atoms with Crippen molar-refractivity contribution in [3.05, 3.63) is 30.3 Å². The van der Waals surface area contributed by atoms with Gasteiger partial charge in [0.05, 0.1) is 12.5 Å². The fraction of sp³-hybridized carbons (Fsp3) is 0.533. The highest BCUT2D eigenvalue weighted by Gasteiger charge is 2.42. The summed E-state index contributed by atoms with van der Waals surface area (Å²) in [6.07, 6.45) is 3.37. The van der Waals surface area contributed by atoms with Crippen LogP contribution in [0.3, 0.4) is 0 Å². The van der Waals surface area contributed by atoms with Gasteiger partial charge in [-0.2, -0.15) is 0 Å². The lowest BCUT2D eigenvalue weighted by Crippen LogP contribution is -2.39. The molecule has 2 fully saturated rings. The lowest BCUT2D eigenvalue weighted by molar-refractivity contribution is -0.125. The van der Waals surface area contributed by atoms with Crippen molar-refractivity contribution >= 4 is 5.91 Å². The number of benzene rings is 1. The lowest BCUT2D eigenvalue weighted by Gasteiger charge is -2.19. The van der Waals surface area contributed by atoms with Crippen LogP contribution in [0.1, 0.15) is 19.3 Å². The summed E-state index contributed by atoms with van der Waals surface area (Å²) in [6.45, 7) is 1.09. The first-order valence-corrected chi connectivity index (χ1v) is 7.04. The zero-order valence-corrected chi connectivity index (χ0v) is 11.0. The molecule has 0 saturated carbocycles. The minimum atomic E-state index is 0.162. The molecule has 0 aromatic heterocycles. The number of rotatable bonds is 5. The van der Waals surface area contributed by atoms with Crippen molar-refractivity contribution in [1.82, 2.24) is 10.6 Å². The van der Waals surface area contributed by atoms with Gasteiger partial charge in [0, 0.05) is 12.1 Å². The zero-order valence-electron chi connectivity index (χ0n) is 11.0. The van der Waals surface area contributed by atoms with Gasteiger partial charge in [0.2, 0.25) is 5.91 Å². The SMILES string of the molecule is O=C(NCCOc1ccccc1)C1CC2CCC1N2. The third kappa shape index (κ3) is 2.89. The molecular formula is C15H20N2O2. The molecule has 19 heavy (non-hydrogen) atoms. The van der Waals surface area contributed by atoms with E-state index in [1.165, 1.54) is 6.42 Å². The van der Waals surface area contributed by atoms with Gasteiger partial charge >= 0.3 is 0 Å². The standard InChI is InChI=1S/C15H20N2O2/c18-15(13-10-11-6-7-14(13)17-11)16-8-9-19-12-4-2-1-3-5-12/h1-5,11,13-14,17H,6-10H2,(H,16,18). The Hall–Kier alpha value is -1.55. The van der Waals surface area contributed by atoms with E-state index >= 15 is 0 Å². The molecule has 1 amide bonds. The number of hydrogen-bond acceptors (Lipinski definition) is 3. The Balaban J connectivity index is 1.37. The zero-order chi connectivity index (χ0) is 13.1. The highest BCUT2D eigenvalue weighted by molar-refractivity contribution is 5.80. The van der Waals surface area contributed by atoms with Gasteiger partial charge in [-0.1, -0.05) is 18.2 Å². The maximum Gasteiger partial charge on any atom is 0.224 e. The van der Waals surface area contributed by atoms with Crippen molar-refractivity contribution in [3.63, 3.8) is 0 Å². The van der Waals surface area contributed by atoms with Gasteiger partial charge in [-0.25, -0.2) is 0 Å². The quantitative estimate of drug-likeness (QED) is 0.785. The Labute approximate surface area is 113 Å². The molecule has 2 bridgehead atoms. The molecule has 3 atom stereocenters. The van der Waals surface area contributed by atoms with Crippen molar-refractivity contribution in [1.29, 1.82) is 0 Å². The Kier molecular flexibility index (Phi) is 3.69. The molecule has 0 aliphatic carbocycles. The number of hydrogen-bond donors (Lipinski definition) is 2. The predicted octanol–water partition coefficient (Wildman–Crippen LogP) is 1.32. The summed E-state index contributed by atoms with van der Waals surface area (Å²) in [7, 11) is 0. The molecule has 2 aliphatic rings. The topological polar surface area (TPSA) is 50.4 Å². The average molecular weight is 260 g/mol. The summed E-state index contributed by atoms with van der Waals surface area (Å²) >= 11 is 0. The second kappa shape index (κ2) is 5.61. The number of amides is 1. The normalized spacial score (nSPS) is 28.3. The third-order valence-corrected chi connectivity index (χ3v) is 4.05. The number of fused-ring (bicyclic) bond motifs is 2. The van der Waals surface area contributed by atoms with Crippen molar-refractivity contribution in [2.45, 2.75) is 31.3 Å². The first-order chi connectivity index (χ1) is 9.33. The minimum absolute atomic E-state index is 0.162. The molecule has 102 valence electrons. The van der Waals surface area contributed by atoms with Gasteiger partial charge in [-0.15, -0.1) is 0 Å². The molecule has 2 N–H and O–H groups in total. The van der Waals surface area contributed by atoms with Crippen LogP contribution in [0, 0.1) is 5.92 Å². The number of nitrogens with one attached hydrogen (secondary N) is 2. The smallest absolute Gasteiger partial charge is 0.224 e. The molecule has 2 saturated heterocycles. The van der Waals surface area contributed by atoms with E-state index < -0.39 is 0 Å². The highest BCUT2D eigenvalue weighted by atomic mass is 16.5. The van der Waals surface area contributed by atoms with Crippen LogP contribution in [-0.2, 0) is 4.79 Å². The van der Waals surface area contributed by atoms with Gasteiger partial charge in [-0.3, -0.25) is 4.79 Å². The molecule has 1 aromatic carbocycles. The van der Waals surface area contributed by atoms with Gasteiger partial charge in [-0.05, 0) is 31.4 Å². The largest absolute Gasteiger partial charge is 0.492 e. The van der Waals surface area contributed by atoms with Crippen LogP contribution in [0.25, 0.3) is 0 Å². The van der Waals surface area contributed by atoms with E-state index in [0.29, 0.717) is 25.2 Å². The van der Waals surface area contributed by atoms with E-state index in [1.807, 2.05) is 30.3 Å². The van der Waals surface area contributed by atoms with Crippen molar-refractivity contribution in [2.24, 2.45) is 5.92 Å². The first-order valence-electron chi connectivity index (χ1n) is 7.04. The van der Waals surface area contributed by atoms with Gasteiger partial charge < -0.3 is 15.4 Å².